The molecule has 1 fully saturated rings. The van der Waals surface area contributed by atoms with E-state index in [1.165, 1.54) is 0 Å². The molecule has 1 aliphatic rings. The molecule has 1 unspecified atom stereocenters. The molecule has 1 aliphatic carbocycles. The van der Waals surface area contributed by atoms with Crippen LogP contribution < -0.4 is 5.32 Å². The number of hydrogen-bond acceptors (Lipinski definition) is 3. The summed E-state index contributed by atoms with van der Waals surface area (Å²) in [5, 5.41) is 13.3. The van der Waals surface area contributed by atoms with Crippen LogP contribution in [0.4, 0.5) is 0 Å². The monoisotopic (exact) mass is 215 g/mol. The molecule has 1 saturated carbocycles. The molecule has 3 heteroatoms. The molecule has 0 spiro atoms. The van der Waals surface area contributed by atoms with Crippen molar-refractivity contribution in [1.29, 1.82) is 0 Å². The van der Waals surface area contributed by atoms with Gasteiger partial charge in [0.05, 0.1) is 11.2 Å². The van der Waals surface area contributed by atoms with Crippen molar-refractivity contribution in [3.8, 4) is 0 Å². The Morgan fingerprint density at radius 1 is 1.47 bits per heavy atom. The third kappa shape index (κ3) is 4.09. The van der Waals surface area contributed by atoms with Crippen molar-refractivity contribution < 1.29 is 9.84 Å². The van der Waals surface area contributed by atoms with Gasteiger partial charge in [-0.3, -0.25) is 0 Å². The highest BCUT2D eigenvalue weighted by molar-refractivity contribution is 4.90. The molecule has 15 heavy (non-hydrogen) atoms. The second-order valence-corrected chi connectivity index (χ2v) is 5.53. The average Bonchev–Trinajstić information content (AvgIpc) is 2.11. The minimum absolute atomic E-state index is 0.0886. The largest absolute Gasteiger partial charge is 0.389 e. The smallest absolute Gasteiger partial charge is 0.0771 e. The molecule has 2 N–H and O–H groups in total. The van der Waals surface area contributed by atoms with Crippen molar-refractivity contribution >= 4 is 0 Å². The first-order chi connectivity index (χ1) is 6.87. The van der Waals surface area contributed by atoms with Crippen LogP contribution in [-0.2, 0) is 4.74 Å². The minimum atomic E-state index is -0.425. The normalized spacial score (nSPS) is 22.2. The number of aliphatic hydroxyl groups is 1. The molecule has 0 bridgehead atoms. The molecule has 0 amide bonds. The SMILES string of the molecule is COC(C)(C)CC(C)NCC1(O)CCC1. The van der Waals surface area contributed by atoms with E-state index in [4.69, 9.17) is 4.74 Å². The van der Waals surface area contributed by atoms with Crippen LogP contribution in [0.25, 0.3) is 0 Å². The summed E-state index contributed by atoms with van der Waals surface area (Å²) < 4.78 is 5.38. The maximum absolute atomic E-state index is 9.92. The van der Waals surface area contributed by atoms with Gasteiger partial charge in [0.15, 0.2) is 0 Å². The predicted molar refractivity (Wildman–Crippen MR) is 62.0 cm³/mol. The molecular weight excluding hydrogens is 190 g/mol. The molecule has 0 saturated heterocycles. The predicted octanol–water partition coefficient (Wildman–Crippen LogP) is 1.69. The van der Waals surface area contributed by atoms with E-state index in [-0.39, 0.29) is 5.60 Å². The Morgan fingerprint density at radius 3 is 2.47 bits per heavy atom. The highest BCUT2D eigenvalue weighted by Crippen LogP contribution is 2.30. The zero-order chi connectivity index (χ0) is 11.5. The van der Waals surface area contributed by atoms with Gasteiger partial charge in [-0.2, -0.15) is 0 Å². The van der Waals surface area contributed by atoms with E-state index >= 15 is 0 Å². The fourth-order valence-corrected chi connectivity index (χ4v) is 2.02. The third-order valence-electron chi connectivity index (χ3n) is 3.41. The van der Waals surface area contributed by atoms with E-state index in [1.807, 2.05) is 0 Å². The summed E-state index contributed by atoms with van der Waals surface area (Å²) in [5.74, 6) is 0. The molecule has 90 valence electrons. The topological polar surface area (TPSA) is 41.5 Å². The summed E-state index contributed by atoms with van der Waals surface area (Å²) >= 11 is 0. The van der Waals surface area contributed by atoms with E-state index in [0.717, 1.165) is 25.7 Å². The van der Waals surface area contributed by atoms with Gasteiger partial charge in [-0.05, 0) is 46.5 Å². The number of nitrogens with one attached hydrogen (secondary N) is 1. The summed E-state index contributed by atoms with van der Waals surface area (Å²) in [5.41, 5.74) is -0.514. The number of rotatable bonds is 6. The molecule has 1 rings (SSSR count). The molecule has 0 radical (unpaired) electrons. The van der Waals surface area contributed by atoms with Gasteiger partial charge in [-0.1, -0.05) is 0 Å². The lowest BCUT2D eigenvalue weighted by atomic mass is 9.80. The van der Waals surface area contributed by atoms with Crippen LogP contribution in [0, 0.1) is 0 Å². The first-order valence-corrected chi connectivity index (χ1v) is 5.88. The molecule has 0 aromatic carbocycles. The van der Waals surface area contributed by atoms with Crippen LogP contribution in [-0.4, -0.2) is 36.0 Å². The Balaban J connectivity index is 2.21. The maximum Gasteiger partial charge on any atom is 0.0771 e. The average molecular weight is 215 g/mol. The Hall–Kier alpha value is -0.120. The van der Waals surface area contributed by atoms with Gasteiger partial charge in [-0.15, -0.1) is 0 Å². The van der Waals surface area contributed by atoms with Crippen molar-refractivity contribution in [3.63, 3.8) is 0 Å². The first-order valence-electron chi connectivity index (χ1n) is 5.88. The third-order valence-corrected chi connectivity index (χ3v) is 3.41. The summed E-state index contributed by atoms with van der Waals surface area (Å²) in [4.78, 5) is 0. The second-order valence-electron chi connectivity index (χ2n) is 5.53. The molecule has 0 aromatic rings. The van der Waals surface area contributed by atoms with Crippen LogP contribution in [0.5, 0.6) is 0 Å². The summed E-state index contributed by atoms with van der Waals surface area (Å²) in [6, 6.07) is 0.379. The standard InChI is InChI=1S/C12H25NO2/c1-10(8-11(2,3)15-4)13-9-12(14)6-5-7-12/h10,13-14H,5-9H2,1-4H3. The molecule has 3 nitrogen and oxygen atoms in total. The van der Waals surface area contributed by atoms with Crippen LogP contribution in [0.15, 0.2) is 0 Å². The van der Waals surface area contributed by atoms with Gasteiger partial charge < -0.3 is 15.2 Å². The quantitative estimate of drug-likeness (QED) is 0.708. The second kappa shape index (κ2) is 4.81. The Morgan fingerprint density at radius 2 is 2.07 bits per heavy atom. The Labute approximate surface area is 93.2 Å². The lowest BCUT2D eigenvalue weighted by Gasteiger charge is -2.38. The van der Waals surface area contributed by atoms with Gasteiger partial charge in [0.25, 0.3) is 0 Å². The zero-order valence-corrected chi connectivity index (χ0v) is 10.5. The van der Waals surface area contributed by atoms with Gasteiger partial charge in [0, 0.05) is 19.7 Å². The molecule has 0 heterocycles. The van der Waals surface area contributed by atoms with Gasteiger partial charge in [-0.25, -0.2) is 0 Å². The van der Waals surface area contributed by atoms with Crippen LogP contribution in [0.1, 0.15) is 46.5 Å². The lowest BCUT2D eigenvalue weighted by molar-refractivity contribution is -0.0372. The maximum atomic E-state index is 9.92. The van der Waals surface area contributed by atoms with Crippen molar-refractivity contribution in [3.05, 3.63) is 0 Å². The van der Waals surface area contributed by atoms with Crippen molar-refractivity contribution in [1.82, 2.24) is 5.32 Å². The highest BCUT2D eigenvalue weighted by Gasteiger charge is 2.34. The van der Waals surface area contributed by atoms with E-state index in [1.54, 1.807) is 7.11 Å². The lowest BCUT2D eigenvalue weighted by Crippen LogP contribution is -2.49. The number of methoxy groups -OCH3 is 1. The van der Waals surface area contributed by atoms with Crippen LogP contribution in [0.3, 0.4) is 0 Å². The molecule has 1 atom stereocenters. The summed E-state index contributed by atoms with van der Waals surface area (Å²) in [6.07, 6.45) is 4.01. The van der Waals surface area contributed by atoms with E-state index in [9.17, 15) is 5.11 Å². The van der Waals surface area contributed by atoms with Gasteiger partial charge in [0.1, 0.15) is 0 Å². The van der Waals surface area contributed by atoms with Gasteiger partial charge in [0.2, 0.25) is 0 Å². The fourth-order valence-electron chi connectivity index (χ4n) is 2.02. The van der Waals surface area contributed by atoms with Crippen LogP contribution in [0.2, 0.25) is 0 Å². The zero-order valence-electron chi connectivity index (χ0n) is 10.5. The van der Waals surface area contributed by atoms with Crippen molar-refractivity contribution in [2.45, 2.75) is 63.7 Å². The molecule has 0 aromatic heterocycles. The van der Waals surface area contributed by atoms with E-state index < -0.39 is 5.60 Å². The first kappa shape index (κ1) is 12.9. The van der Waals surface area contributed by atoms with E-state index in [0.29, 0.717) is 12.6 Å². The Bertz CT molecular complexity index is 200. The summed E-state index contributed by atoms with van der Waals surface area (Å²) in [7, 11) is 1.74. The highest BCUT2D eigenvalue weighted by atomic mass is 16.5. The van der Waals surface area contributed by atoms with E-state index in [2.05, 4.69) is 26.1 Å². The fraction of sp³-hybridized carbons (Fsp3) is 1.00. The minimum Gasteiger partial charge on any atom is -0.389 e. The summed E-state index contributed by atoms with van der Waals surface area (Å²) in [6.45, 7) is 7.03. The number of ether oxygens (including phenoxy) is 1. The van der Waals surface area contributed by atoms with Crippen molar-refractivity contribution in [2.75, 3.05) is 13.7 Å². The molecule has 0 aliphatic heterocycles. The van der Waals surface area contributed by atoms with Gasteiger partial charge >= 0.3 is 0 Å². The van der Waals surface area contributed by atoms with Crippen molar-refractivity contribution in [2.24, 2.45) is 0 Å². The number of hydrogen-bond donors (Lipinski definition) is 2. The van der Waals surface area contributed by atoms with Crippen LogP contribution >= 0.6 is 0 Å². The molecular formula is C12H25NO2. The Kier molecular flexibility index (Phi) is 4.15.